The van der Waals surface area contributed by atoms with Crippen molar-refractivity contribution in [1.29, 1.82) is 0 Å². The van der Waals surface area contributed by atoms with Gasteiger partial charge in [-0.1, -0.05) is 25.4 Å². The van der Waals surface area contributed by atoms with Crippen molar-refractivity contribution >= 4 is 23.3 Å². The van der Waals surface area contributed by atoms with E-state index >= 15 is 0 Å². The number of ether oxygens (including phenoxy) is 3. The number of hydrogen-bond donors (Lipinski definition) is 1. The number of fused-ring (bicyclic) bond motifs is 1. The van der Waals surface area contributed by atoms with E-state index in [-0.39, 0.29) is 35.2 Å². The van der Waals surface area contributed by atoms with Crippen LogP contribution in [0.2, 0.25) is 5.02 Å². The molecule has 0 unspecified atom stereocenters. The van der Waals surface area contributed by atoms with Crippen LogP contribution in [0.5, 0.6) is 17.2 Å². The molecule has 1 amide bonds. The fourth-order valence-corrected chi connectivity index (χ4v) is 3.79. The van der Waals surface area contributed by atoms with Gasteiger partial charge >= 0.3 is 0 Å². The average molecular weight is 533 g/mol. The first-order valence-electron chi connectivity index (χ1n) is 11.7. The first kappa shape index (κ1) is 27.9. The molecule has 3 aromatic rings. The highest BCUT2D eigenvalue weighted by molar-refractivity contribution is 6.31. The van der Waals surface area contributed by atoms with Gasteiger partial charge in [-0.25, -0.2) is 13.8 Å². The second-order valence-corrected chi connectivity index (χ2v) is 7.99. The van der Waals surface area contributed by atoms with Crippen LogP contribution in [-0.4, -0.2) is 50.2 Å². The Balaban J connectivity index is 0.00000186. The fourth-order valence-electron chi connectivity index (χ4n) is 3.61. The van der Waals surface area contributed by atoms with Crippen LogP contribution in [0.1, 0.15) is 40.3 Å². The first-order chi connectivity index (χ1) is 17.9. The number of pyridine rings is 1. The summed E-state index contributed by atoms with van der Waals surface area (Å²) in [4.78, 5) is 29.9. The Morgan fingerprint density at radius 3 is 2.62 bits per heavy atom. The summed E-state index contributed by atoms with van der Waals surface area (Å²) in [6, 6.07) is 10.2. The van der Waals surface area contributed by atoms with Crippen molar-refractivity contribution < 1.29 is 32.6 Å². The van der Waals surface area contributed by atoms with Gasteiger partial charge in [0.25, 0.3) is 5.91 Å². The summed E-state index contributed by atoms with van der Waals surface area (Å²) in [6.07, 6.45) is 0.586. The molecule has 0 bridgehead atoms. The van der Waals surface area contributed by atoms with E-state index in [1.54, 1.807) is 6.07 Å². The van der Waals surface area contributed by atoms with Crippen LogP contribution in [0.3, 0.4) is 0 Å². The van der Waals surface area contributed by atoms with Gasteiger partial charge in [-0.2, -0.15) is 0 Å². The lowest BCUT2D eigenvalue weighted by Gasteiger charge is -2.12. The molecule has 0 fully saturated rings. The molecule has 0 radical (unpaired) electrons. The molecule has 10 heteroatoms. The molecular weight excluding hydrogens is 506 g/mol. The number of methoxy groups -OCH3 is 1. The number of Topliss-reactive ketones (excluding diaryl/α,β-unsaturated/α-hetero) is 1. The van der Waals surface area contributed by atoms with Gasteiger partial charge in [0.05, 0.1) is 25.3 Å². The minimum Gasteiger partial charge on any atom is -0.493 e. The summed E-state index contributed by atoms with van der Waals surface area (Å²) < 4.78 is 42.1. The van der Waals surface area contributed by atoms with E-state index in [0.29, 0.717) is 35.8 Å². The van der Waals surface area contributed by atoms with Crippen molar-refractivity contribution in [1.82, 2.24) is 10.3 Å². The van der Waals surface area contributed by atoms with Crippen LogP contribution in [0.15, 0.2) is 42.5 Å². The maximum Gasteiger partial charge on any atom is 0.251 e. The van der Waals surface area contributed by atoms with Crippen molar-refractivity contribution in [2.75, 3.05) is 33.5 Å². The largest absolute Gasteiger partial charge is 0.493 e. The Labute approximate surface area is 218 Å². The van der Waals surface area contributed by atoms with E-state index in [0.717, 1.165) is 5.56 Å². The minimum atomic E-state index is -0.660. The Hall–Kier alpha value is -3.72. The topological polar surface area (TPSA) is 86.8 Å². The number of ketones is 1. The van der Waals surface area contributed by atoms with E-state index in [1.807, 2.05) is 13.8 Å². The molecule has 0 atom stereocenters. The summed E-state index contributed by atoms with van der Waals surface area (Å²) in [5.41, 5.74) is 2.05. The third kappa shape index (κ3) is 6.54. The predicted molar refractivity (Wildman–Crippen MR) is 136 cm³/mol. The lowest BCUT2D eigenvalue weighted by molar-refractivity contribution is 0.0902. The molecule has 2 aromatic carbocycles. The number of aromatic nitrogens is 1. The number of hydrogen-bond acceptors (Lipinski definition) is 6. The average Bonchev–Trinajstić information content (AvgIpc) is 3.41. The molecule has 1 aromatic heterocycles. The normalized spacial score (nSPS) is 11.5. The van der Waals surface area contributed by atoms with Crippen LogP contribution < -0.4 is 19.5 Å². The zero-order chi connectivity index (χ0) is 26.9. The van der Waals surface area contributed by atoms with Crippen LogP contribution in [-0.2, 0) is 6.42 Å². The van der Waals surface area contributed by atoms with Crippen molar-refractivity contribution in [3.8, 4) is 28.5 Å². The summed E-state index contributed by atoms with van der Waals surface area (Å²) in [6.45, 7) is 3.32. The van der Waals surface area contributed by atoms with Crippen molar-refractivity contribution in [2.24, 2.45) is 0 Å². The van der Waals surface area contributed by atoms with Crippen molar-refractivity contribution in [3.63, 3.8) is 0 Å². The van der Waals surface area contributed by atoms with Gasteiger partial charge in [-0.15, -0.1) is 0 Å². The molecule has 196 valence electrons. The third-order valence-electron chi connectivity index (χ3n) is 5.32. The summed E-state index contributed by atoms with van der Waals surface area (Å²) >= 11 is 5.92. The number of carbonyl (C=O) groups excluding carboxylic acids is 2. The van der Waals surface area contributed by atoms with Crippen molar-refractivity contribution in [2.45, 2.75) is 20.3 Å². The fraction of sp³-hybridized carbons (Fsp3) is 0.296. The number of nitrogens with zero attached hydrogens (tertiary/aromatic N) is 1. The monoisotopic (exact) mass is 532 g/mol. The number of benzene rings is 2. The number of rotatable bonds is 9. The van der Waals surface area contributed by atoms with Crippen LogP contribution in [0.25, 0.3) is 11.3 Å². The summed E-state index contributed by atoms with van der Waals surface area (Å²) in [7, 11) is 1.40. The molecule has 7 nitrogen and oxygen atoms in total. The van der Waals surface area contributed by atoms with Gasteiger partial charge in [-0.3, -0.25) is 9.59 Å². The molecule has 1 aliphatic heterocycles. The summed E-state index contributed by atoms with van der Waals surface area (Å²) in [5, 5.41) is 2.50. The van der Waals surface area contributed by atoms with Gasteiger partial charge in [0.2, 0.25) is 0 Å². The number of amides is 1. The standard InChI is InChI=1S/C25H21ClF2N2O5.C2H6/c1-33-22-12-16(3-5-21(22)34-9-7-27)25(32)29-13-20(31)19-11-15-6-8-35-24(15)23(30-19)14-2-4-18(28)17(26)10-14;1-2/h2-5,10-12H,6-9,13H2,1H3,(H,29,32);1-2H3. The third-order valence-corrected chi connectivity index (χ3v) is 5.61. The van der Waals surface area contributed by atoms with Crippen LogP contribution >= 0.6 is 11.6 Å². The van der Waals surface area contributed by atoms with Gasteiger partial charge in [0, 0.05) is 23.1 Å². The molecule has 4 rings (SSSR count). The number of nitrogens with one attached hydrogen (secondary N) is 1. The second kappa shape index (κ2) is 13.0. The Bertz CT molecular complexity index is 1290. The Kier molecular flexibility index (Phi) is 9.79. The predicted octanol–water partition coefficient (Wildman–Crippen LogP) is 5.47. The first-order valence-corrected chi connectivity index (χ1v) is 12.1. The highest BCUT2D eigenvalue weighted by Crippen LogP contribution is 2.37. The zero-order valence-corrected chi connectivity index (χ0v) is 21.5. The lowest BCUT2D eigenvalue weighted by Crippen LogP contribution is -2.30. The van der Waals surface area contributed by atoms with Crippen LogP contribution in [0.4, 0.5) is 8.78 Å². The van der Waals surface area contributed by atoms with E-state index in [4.69, 9.17) is 25.8 Å². The molecule has 0 aliphatic carbocycles. The van der Waals surface area contributed by atoms with Gasteiger partial charge in [0.15, 0.2) is 17.3 Å². The molecule has 0 saturated carbocycles. The van der Waals surface area contributed by atoms with E-state index in [2.05, 4.69) is 10.3 Å². The maximum absolute atomic E-state index is 13.6. The molecule has 1 N–H and O–H groups in total. The number of halogens is 3. The van der Waals surface area contributed by atoms with Crippen molar-refractivity contribution in [3.05, 3.63) is 70.1 Å². The maximum atomic E-state index is 13.6. The molecular formula is C27H27ClF2N2O5. The molecule has 0 saturated heterocycles. The zero-order valence-electron chi connectivity index (χ0n) is 20.7. The van der Waals surface area contributed by atoms with Gasteiger partial charge in [0.1, 0.15) is 36.2 Å². The second-order valence-electron chi connectivity index (χ2n) is 7.58. The van der Waals surface area contributed by atoms with E-state index in [1.165, 1.54) is 43.5 Å². The minimum absolute atomic E-state index is 0.0726. The lowest BCUT2D eigenvalue weighted by atomic mass is 10.0. The van der Waals surface area contributed by atoms with E-state index < -0.39 is 24.2 Å². The molecule has 2 heterocycles. The van der Waals surface area contributed by atoms with Crippen LogP contribution in [0, 0.1) is 5.82 Å². The van der Waals surface area contributed by atoms with Gasteiger partial charge in [-0.05, 0) is 42.5 Å². The number of carbonyl (C=O) groups is 2. The molecule has 37 heavy (non-hydrogen) atoms. The quantitative estimate of drug-likeness (QED) is 0.368. The SMILES string of the molecule is CC.COc1cc(C(=O)NCC(=O)c2cc3c(c(-c4ccc(F)c(Cl)c4)n2)OCC3)ccc1OCCF. The highest BCUT2D eigenvalue weighted by atomic mass is 35.5. The highest BCUT2D eigenvalue weighted by Gasteiger charge is 2.23. The molecule has 0 spiro atoms. The Morgan fingerprint density at radius 2 is 1.92 bits per heavy atom. The van der Waals surface area contributed by atoms with E-state index in [9.17, 15) is 18.4 Å². The Morgan fingerprint density at radius 1 is 1.14 bits per heavy atom. The smallest absolute Gasteiger partial charge is 0.251 e. The van der Waals surface area contributed by atoms with Gasteiger partial charge < -0.3 is 19.5 Å². The molecule has 1 aliphatic rings. The summed E-state index contributed by atoms with van der Waals surface area (Å²) in [5.74, 6) is -0.408. The number of alkyl halides is 1.